The second kappa shape index (κ2) is 16.4. The second-order valence-electron chi connectivity index (χ2n) is 15.0. The third kappa shape index (κ3) is 7.37. The number of phenols is 1. The predicted molar refractivity (Wildman–Crippen MR) is 209 cm³/mol. The van der Waals surface area contributed by atoms with Crippen LogP contribution in [0.3, 0.4) is 0 Å². The SMILES string of the molecule is CC(=O)Oc1cc(CO)c2c(c1C=Cc1ccccc1)C(=O)c1cc(O[C@H]3O[C@H](C)[C@@H](O)[C@@H](O)[C@H]3O)c(Cc3cccc(C4(O)CCCCC4)c3C=O)c(O)c1C2=O. The Hall–Kier alpha value is -5.54. The van der Waals surface area contributed by atoms with Crippen LogP contribution < -0.4 is 9.47 Å². The van der Waals surface area contributed by atoms with Gasteiger partial charge in [0.25, 0.3) is 0 Å². The van der Waals surface area contributed by atoms with Gasteiger partial charge >= 0.3 is 5.97 Å². The summed E-state index contributed by atoms with van der Waals surface area (Å²) in [5.41, 5.74) is -0.983. The molecule has 6 N–H and O–H groups in total. The minimum atomic E-state index is -1.81. The van der Waals surface area contributed by atoms with Crippen molar-refractivity contribution in [1.29, 1.82) is 0 Å². The van der Waals surface area contributed by atoms with Crippen LogP contribution in [0.5, 0.6) is 17.2 Å². The molecule has 13 heteroatoms. The van der Waals surface area contributed by atoms with Gasteiger partial charge in [-0.05, 0) is 60.2 Å². The maximum absolute atomic E-state index is 14.8. The van der Waals surface area contributed by atoms with Crippen molar-refractivity contribution in [1.82, 2.24) is 0 Å². The maximum Gasteiger partial charge on any atom is 0.308 e. The van der Waals surface area contributed by atoms with Gasteiger partial charge in [0.15, 0.2) is 17.9 Å². The number of aliphatic hydroxyl groups is 5. The monoisotopic (exact) mass is 792 g/mol. The molecule has 2 aliphatic carbocycles. The van der Waals surface area contributed by atoms with Crippen molar-refractivity contribution >= 4 is 36.0 Å². The summed E-state index contributed by atoms with van der Waals surface area (Å²) in [6.45, 7) is 1.86. The molecule has 1 heterocycles. The zero-order chi connectivity index (χ0) is 41.5. The first-order valence-corrected chi connectivity index (χ1v) is 19.1. The number of hydrogen-bond acceptors (Lipinski definition) is 13. The average Bonchev–Trinajstić information content (AvgIpc) is 3.21. The minimum Gasteiger partial charge on any atom is -0.507 e. The molecular weight excluding hydrogens is 748 g/mol. The van der Waals surface area contributed by atoms with Gasteiger partial charge in [0.2, 0.25) is 6.29 Å². The van der Waals surface area contributed by atoms with Gasteiger partial charge in [-0.3, -0.25) is 19.2 Å². The van der Waals surface area contributed by atoms with Crippen molar-refractivity contribution in [2.45, 2.75) is 95.3 Å². The fourth-order valence-electron chi connectivity index (χ4n) is 8.27. The van der Waals surface area contributed by atoms with Crippen LogP contribution in [0.25, 0.3) is 12.2 Å². The van der Waals surface area contributed by atoms with E-state index in [1.54, 1.807) is 48.5 Å². The van der Waals surface area contributed by atoms with Gasteiger partial charge in [0, 0.05) is 46.7 Å². The summed E-state index contributed by atoms with van der Waals surface area (Å²) in [7, 11) is 0. The van der Waals surface area contributed by atoms with Crippen molar-refractivity contribution < 1.29 is 64.0 Å². The lowest BCUT2D eigenvalue weighted by atomic mass is 9.76. The Morgan fingerprint density at radius 1 is 0.845 bits per heavy atom. The smallest absolute Gasteiger partial charge is 0.308 e. The Morgan fingerprint density at radius 3 is 2.24 bits per heavy atom. The van der Waals surface area contributed by atoms with Crippen LogP contribution in [-0.2, 0) is 28.2 Å². The third-order valence-electron chi connectivity index (χ3n) is 11.3. The first-order valence-electron chi connectivity index (χ1n) is 19.1. The van der Waals surface area contributed by atoms with Crippen LogP contribution in [0.15, 0.2) is 60.7 Å². The predicted octanol–water partition coefficient (Wildman–Crippen LogP) is 4.52. The fraction of sp³-hybridized carbons (Fsp3) is 0.333. The lowest BCUT2D eigenvalue weighted by Crippen LogP contribution is -2.58. The van der Waals surface area contributed by atoms with E-state index in [1.165, 1.54) is 25.1 Å². The van der Waals surface area contributed by atoms with Crippen molar-refractivity contribution in [2.75, 3.05) is 0 Å². The molecule has 0 amide bonds. The second-order valence-corrected chi connectivity index (χ2v) is 15.0. The normalized spacial score (nSPS) is 22.6. The molecule has 2 fully saturated rings. The van der Waals surface area contributed by atoms with Gasteiger partial charge < -0.3 is 44.8 Å². The first kappa shape index (κ1) is 40.6. The lowest BCUT2D eigenvalue weighted by Gasteiger charge is -2.39. The Balaban J connectivity index is 1.43. The number of esters is 1. The molecular formula is C45H44O13. The highest BCUT2D eigenvalue weighted by Gasteiger charge is 2.45. The molecule has 0 spiro atoms. The number of carbonyl (C=O) groups excluding carboxylic acids is 4. The van der Waals surface area contributed by atoms with Gasteiger partial charge in [-0.2, -0.15) is 0 Å². The highest BCUT2D eigenvalue weighted by molar-refractivity contribution is 6.31. The molecule has 5 atom stereocenters. The Labute approximate surface area is 333 Å². The van der Waals surface area contributed by atoms with E-state index < -0.39 is 71.8 Å². The number of fused-ring (bicyclic) bond motifs is 2. The largest absolute Gasteiger partial charge is 0.507 e. The molecule has 4 aromatic carbocycles. The van der Waals surface area contributed by atoms with Crippen LogP contribution in [-0.4, -0.2) is 85.2 Å². The van der Waals surface area contributed by atoms with E-state index in [1.807, 2.05) is 6.07 Å². The topological polar surface area (TPSA) is 217 Å². The molecule has 58 heavy (non-hydrogen) atoms. The number of ether oxygens (including phenoxy) is 3. The summed E-state index contributed by atoms with van der Waals surface area (Å²) >= 11 is 0. The summed E-state index contributed by atoms with van der Waals surface area (Å²) in [4.78, 5) is 54.6. The summed E-state index contributed by atoms with van der Waals surface area (Å²) in [5.74, 6) is -3.46. The number of benzene rings is 4. The van der Waals surface area contributed by atoms with E-state index in [2.05, 4.69) is 0 Å². The molecule has 4 aromatic rings. The standard InChI is InChI=1S/C45H44O13/c1-23-38(49)42(53)43(54)44(56-23)58-34-20-30-37(39(50)29(34)18-26-12-9-13-32(31(26)22-47)45(55)16-7-4-8-17-45)41(52)35-27(21-46)19-33(57-24(2)48)28(36(35)40(30)51)15-14-25-10-5-3-6-11-25/h3,5-6,9-15,19-20,22-23,38,42-44,46,49-50,53-55H,4,7-8,16-18,21H2,1-2H3/t23-,38-,42-,43-,44-/m1/s1. The quantitative estimate of drug-likeness (QED) is 0.0497. The van der Waals surface area contributed by atoms with E-state index in [4.69, 9.17) is 14.2 Å². The van der Waals surface area contributed by atoms with Crippen molar-refractivity contribution in [3.05, 3.63) is 122 Å². The molecule has 0 radical (unpaired) electrons. The number of aromatic hydroxyl groups is 1. The van der Waals surface area contributed by atoms with Gasteiger partial charge in [0.1, 0.15) is 35.6 Å². The van der Waals surface area contributed by atoms with E-state index in [9.17, 15) is 49.8 Å². The zero-order valence-electron chi connectivity index (χ0n) is 31.9. The molecule has 3 aliphatic rings. The number of ketones is 2. The average molecular weight is 793 g/mol. The van der Waals surface area contributed by atoms with Crippen LogP contribution >= 0.6 is 0 Å². The van der Waals surface area contributed by atoms with Crippen LogP contribution in [0, 0.1) is 0 Å². The van der Waals surface area contributed by atoms with Crippen molar-refractivity contribution in [3.8, 4) is 17.2 Å². The molecule has 1 saturated heterocycles. The molecule has 1 aliphatic heterocycles. The van der Waals surface area contributed by atoms with Crippen LogP contribution in [0.4, 0.5) is 0 Å². The summed E-state index contributed by atoms with van der Waals surface area (Å²) in [6, 6.07) is 16.4. The van der Waals surface area contributed by atoms with E-state index in [0.717, 1.165) is 26.2 Å². The van der Waals surface area contributed by atoms with Crippen molar-refractivity contribution in [2.24, 2.45) is 0 Å². The third-order valence-corrected chi connectivity index (χ3v) is 11.3. The Morgan fingerprint density at radius 2 is 1.57 bits per heavy atom. The van der Waals surface area contributed by atoms with Gasteiger partial charge in [-0.1, -0.05) is 73.9 Å². The number of aliphatic hydroxyl groups excluding tert-OH is 4. The summed E-state index contributed by atoms with van der Waals surface area (Å²) < 4.78 is 17.4. The number of phenolic OH excluding ortho intramolecular Hbond substituents is 1. The lowest BCUT2D eigenvalue weighted by molar-refractivity contribution is -0.268. The van der Waals surface area contributed by atoms with Crippen LogP contribution in [0.2, 0.25) is 0 Å². The molecule has 13 nitrogen and oxygen atoms in total. The number of carbonyl (C=O) groups is 4. The Kier molecular flexibility index (Phi) is 11.5. The highest BCUT2D eigenvalue weighted by atomic mass is 16.7. The minimum absolute atomic E-state index is 0.0475. The van der Waals surface area contributed by atoms with Gasteiger partial charge in [0.05, 0.1) is 23.9 Å². The molecule has 7 rings (SSSR count). The molecule has 0 bridgehead atoms. The molecule has 302 valence electrons. The highest BCUT2D eigenvalue weighted by Crippen LogP contribution is 2.46. The summed E-state index contributed by atoms with van der Waals surface area (Å²) in [6.07, 6.45) is -0.863. The molecule has 1 saturated carbocycles. The zero-order valence-corrected chi connectivity index (χ0v) is 31.9. The summed E-state index contributed by atoms with van der Waals surface area (Å²) in [5, 5.41) is 66.3. The Bertz CT molecular complexity index is 2310. The number of rotatable bonds is 10. The number of hydrogen-bond donors (Lipinski definition) is 6. The first-order chi connectivity index (χ1) is 27.8. The molecule has 0 unspecified atom stereocenters. The maximum atomic E-state index is 14.8. The van der Waals surface area contributed by atoms with Gasteiger partial charge in [-0.15, -0.1) is 0 Å². The van der Waals surface area contributed by atoms with E-state index in [0.29, 0.717) is 35.8 Å². The fourth-order valence-corrected chi connectivity index (χ4v) is 8.27. The van der Waals surface area contributed by atoms with Gasteiger partial charge in [-0.25, -0.2) is 0 Å². The van der Waals surface area contributed by atoms with E-state index >= 15 is 0 Å². The van der Waals surface area contributed by atoms with E-state index in [-0.39, 0.29) is 56.9 Å². The van der Waals surface area contributed by atoms with Crippen molar-refractivity contribution in [3.63, 3.8) is 0 Å². The number of aldehydes is 1. The van der Waals surface area contributed by atoms with Crippen LogP contribution in [0.1, 0.15) is 122 Å². The molecule has 0 aromatic heterocycles.